The van der Waals surface area contributed by atoms with Crippen LogP contribution in [-0.2, 0) is 15.1 Å². The molecule has 4 rings (SSSR count). The first-order valence-corrected chi connectivity index (χ1v) is 12.3. The highest BCUT2D eigenvalue weighted by atomic mass is 79.9. The van der Waals surface area contributed by atoms with E-state index in [2.05, 4.69) is 21.2 Å². The molecule has 182 valence electrons. The summed E-state index contributed by atoms with van der Waals surface area (Å²) in [6, 6.07) is 34.2. The number of rotatable bonds is 10. The predicted octanol–water partition coefficient (Wildman–Crippen LogP) is 5.76. The maximum absolute atomic E-state index is 13.1. The van der Waals surface area contributed by atoms with Crippen LogP contribution in [-0.4, -0.2) is 32.0 Å². The molecule has 6 heteroatoms. The van der Waals surface area contributed by atoms with E-state index in [1.165, 1.54) is 7.11 Å². The second-order valence-corrected chi connectivity index (χ2v) is 9.03. The van der Waals surface area contributed by atoms with E-state index in [0.717, 1.165) is 23.0 Å². The number of carbonyl (C=O) groups excluding carboxylic acids is 2. The van der Waals surface area contributed by atoms with Crippen LogP contribution in [0.5, 0.6) is 5.75 Å². The van der Waals surface area contributed by atoms with Crippen molar-refractivity contribution in [1.29, 1.82) is 0 Å². The summed E-state index contributed by atoms with van der Waals surface area (Å²) >= 11 is 3.35. The van der Waals surface area contributed by atoms with Crippen molar-refractivity contribution in [1.82, 2.24) is 5.32 Å². The van der Waals surface area contributed by atoms with Gasteiger partial charge in [-0.1, -0.05) is 107 Å². The Balaban J connectivity index is 1.80. The number of esters is 1. The first kappa shape index (κ1) is 25.4. The number of aldehydes is 1. The molecule has 0 saturated heterocycles. The van der Waals surface area contributed by atoms with Crippen LogP contribution < -0.4 is 10.1 Å². The lowest BCUT2D eigenvalue weighted by molar-refractivity contribution is -0.144. The predicted molar refractivity (Wildman–Crippen MR) is 143 cm³/mol. The Morgan fingerprint density at radius 3 is 1.81 bits per heavy atom. The minimum atomic E-state index is -0.875. The van der Waals surface area contributed by atoms with Gasteiger partial charge in [0.05, 0.1) is 12.6 Å². The van der Waals surface area contributed by atoms with Gasteiger partial charge >= 0.3 is 5.97 Å². The van der Waals surface area contributed by atoms with Crippen LogP contribution in [0, 0.1) is 0 Å². The highest BCUT2D eigenvalue weighted by Crippen LogP contribution is 2.37. The van der Waals surface area contributed by atoms with Gasteiger partial charge in [-0.05, 0) is 34.9 Å². The summed E-state index contributed by atoms with van der Waals surface area (Å²) in [5, 5.41) is 3.60. The minimum Gasteiger partial charge on any atom is -0.491 e. The number of carbonyl (C=O) groups is 2. The molecule has 4 aromatic rings. The third-order valence-electron chi connectivity index (χ3n) is 6.01. The zero-order valence-electron chi connectivity index (χ0n) is 19.8. The molecule has 0 aromatic heterocycles. The minimum absolute atomic E-state index is 0.0130. The largest absolute Gasteiger partial charge is 0.491 e. The Kier molecular flexibility index (Phi) is 8.31. The Morgan fingerprint density at radius 2 is 1.36 bits per heavy atom. The molecule has 4 aromatic carbocycles. The fourth-order valence-electron chi connectivity index (χ4n) is 4.27. The summed E-state index contributed by atoms with van der Waals surface area (Å²) in [4.78, 5) is 24.4. The SMILES string of the molecule is COC(=O)C(COc1ccc(Br)c(C=O)c1)NC(c1ccccc1)(c1ccccc1)c1ccccc1. The van der Waals surface area contributed by atoms with Gasteiger partial charge in [0.1, 0.15) is 18.4 Å². The average molecular weight is 544 g/mol. The Labute approximate surface area is 219 Å². The maximum atomic E-state index is 13.1. The number of methoxy groups -OCH3 is 1. The van der Waals surface area contributed by atoms with Crippen molar-refractivity contribution in [3.63, 3.8) is 0 Å². The smallest absolute Gasteiger partial charge is 0.326 e. The lowest BCUT2D eigenvalue weighted by Gasteiger charge is -2.39. The molecule has 0 bridgehead atoms. The van der Waals surface area contributed by atoms with Crippen molar-refractivity contribution < 1.29 is 19.1 Å². The molecule has 0 heterocycles. The Hall–Kier alpha value is -3.74. The summed E-state index contributed by atoms with van der Waals surface area (Å²) in [7, 11) is 1.36. The zero-order chi connectivity index (χ0) is 25.4. The fraction of sp³-hybridized carbons (Fsp3) is 0.133. The van der Waals surface area contributed by atoms with E-state index < -0.39 is 17.6 Å². The van der Waals surface area contributed by atoms with Crippen molar-refractivity contribution in [2.24, 2.45) is 0 Å². The molecule has 36 heavy (non-hydrogen) atoms. The van der Waals surface area contributed by atoms with Crippen LogP contribution in [0.25, 0.3) is 0 Å². The van der Waals surface area contributed by atoms with E-state index in [9.17, 15) is 9.59 Å². The standard InChI is InChI=1S/C30H26BrNO4/c1-35-29(34)28(21-36-26-17-18-27(31)22(19-26)20-33)32-30(23-11-5-2-6-12-23,24-13-7-3-8-14-24)25-15-9-4-10-16-25/h2-20,28,32H,21H2,1H3. The highest BCUT2D eigenvalue weighted by molar-refractivity contribution is 9.10. The molecule has 1 N–H and O–H groups in total. The van der Waals surface area contributed by atoms with Crippen molar-refractivity contribution in [3.8, 4) is 5.75 Å². The van der Waals surface area contributed by atoms with E-state index in [-0.39, 0.29) is 6.61 Å². The van der Waals surface area contributed by atoms with Crippen LogP contribution in [0.3, 0.4) is 0 Å². The highest BCUT2D eigenvalue weighted by Gasteiger charge is 2.40. The molecular weight excluding hydrogens is 518 g/mol. The number of benzene rings is 4. The molecule has 0 saturated carbocycles. The van der Waals surface area contributed by atoms with E-state index in [1.54, 1.807) is 18.2 Å². The number of halogens is 1. The Bertz CT molecular complexity index is 1200. The third-order valence-corrected chi connectivity index (χ3v) is 6.73. The van der Waals surface area contributed by atoms with E-state index in [4.69, 9.17) is 9.47 Å². The number of ether oxygens (including phenoxy) is 2. The van der Waals surface area contributed by atoms with Crippen LogP contribution >= 0.6 is 15.9 Å². The number of nitrogens with one attached hydrogen (secondary N) is 1. The zero-order valence-corrected chi connectivity index (χ0v) is 21.4. The van der Waals surface area contributed by atoms with Gasteiger partial charge in [0.2, 0.25) is 0 Å². The molecule has 1 unspecified atom stereocenters. The summed E-state index contributed by atoms with van der Waals surface area (Å²) < 4.78 is 11.8. The molecule has 0 spiro atoms. The molecule has 0 aliphatic heterocycles. The van der Waals surface area contributed by atoms with Gasteiger partial charge in [0.15, 0.2) is 6.29 Å². The van der Waals surface area contributed by atoms with E-state index >= 15 is 0 Å². The van der Waals surface area contributed by atoms with Gasteiger partial charge in [0.25, 0.3) is 0 Å². The molecule has 0 aliphatic carbocycles. The Morgan fingerprint density at radius 1 is 0.861 bits per heavy atom. The summed E-state index contributed by atoms with van der Waals surface area (Å²) in [5.74, 6) is 0.00984. The topological polar surface area (TPSA) is 64.6 Å². The van der Waals surface area contributed by atoms with E-state index in [1.807, 2.05) is 91.0 Å². The van der Waals surface area contributed by atoms with Gasteiger partial charge in [-0.15, -0.1) is 0 Å². The molecule has 0 amide bonds. The normalized spacial score (nSPS) is 11.9. The quantitative estimate of drug-likeness (QED) is 0.156. The lowest BCUT2D eigenvalue weighted by atomic mass is 9.76. The van der Waals surface area contributed by atoms with Crippen molar-refractivity contribution >= 4 is 28.2 Å². The van der Waals surface area contributed by atoms with Crippen LogP contribution in [0.15, 0.2) is 114 Å². The van der Waals surface area contributed by atoms with Gasteiger partial charge in [-0.25, -0.2) is 0 Å². The molecule has 1 atom stereocenters. The van der Waals surface area contributed by atoms with Gasteiger partial charge in [0, 0.05) is 10.0 Å². The third kappa shape index (κ3) is 5.40. The second-order valence-electron chi connectivity index (χ2n) is 8.18. The summed E-state index contributed by atoms with van der Waals surface area (Å²) in [5.41, 5.74) is 2.47. The molecule has 5 nitrogen and oxygen atoms in total. The lowest BCUT2D eigenvalue weighted by Crippen LogP contribution is -2.55. The molecular formula is C30H26BrNO4. The second kappa shape index (κ2) is 11.8. The van der Waals surface area contributed by atoms with Crippen LogP contribution in [0.4, 0.5) is 0 Å². The van der Waals surface area contributed by atoms with Gasteiger partial charge in [-0.2, -0.15) is 0 Å². The fourth-order valence-corrected chi connectivity index (χ4v) is 4.61. The average Bonchev–Trinajstić information content (AvgIpc) is 2.95. The first-order valence-electron chi connectivity index (χ1n) is 11.5. The molecule has 0 fully saturated rings. The van der Waals surface area contributed by atoms with Crippen molar-refractivity contribution in [3.05, 3.63) is 136 Å². The molecule has 0 aliphatic rings. The van der Waals surface area contributed by atoms with Crippen molar-refractivity contribution in [2.45, 2.75) is 11.6 Å². The number of hydrogen-bond acceptors (Lipinski definition) is 5. The maximum Gasteiger partial charge on any atom is 0.326 e. The van der Waals surface area contributed by atoms with Crippen molar-refractivity contribution in [2.75, 3.05) is 13.7 Å². The van der Waals surface area contributed by atoms with Gasteiger partial charge in [-0.3, -0.25) is 14.9 Å². The summed E-state index contributed by atoms with van der Waals surface area (Å²) in [6.07, 6.45) is 0.748. The molecule has 0 radical (unpaired) electrons. The van der Waals surface area contributed by atoms with E-state index in [0.29, 0.717) is 15.8 Å². The van der Waals surface area contributed by atoms with Crippen LogP contribution in [0.1, 0.15) is 27.0 Å². The first-order chi connectivity index (χ1) is 17.6. The monoisotopic (exact) mass is 543 g/mol. The number of hydrogen-bond donors (Lipinski definition) is 1. The summed E-state index contributed by atoms with van der Waals surface area (Å²) in [6.45, 7) is -0.0130. The van der Waals surface area contributed by atoms with Gasteiger partial charge < -0.3 is 9.47 Å². The van der Waals surface area contributed by atoms with Crippen LogP contribution in [0.2, 0.25) is 0 Å².